The Balaban J connectivity index is 1.47. The third-order valence-electron chi connectivity index (χ3n) is 6.21. The molecule has 2 fully saturated rings. The number of aromatic nitrogens is 5. The fraction of sp³-hybridized carbons (Fsp3) is 0.524. The summed E-state index contributed by atoms with van der Waals surface area (Å²) < 4.78 is 42.7. The van der Waals surface area contributed by atoms with E-state index in [4.69, 9.17) is 0 Å². The molecular formula is C21H23F3N6O3S. The highest BCUT2D eigenvalue weighted by molar-refractivity contribution is 7.99. The molecule has 4 N–H and O–H groups in total. The zero-order chi connectivity index (χ0) is 24.1. The van der Waals surface area contributed by atoms with Crippen LogP contribution >= 0.6 is 11.8 Å². The zero-order valence-corrected chi connectivity index (χ0v) is 18.8. The summed E-state index contributed by atoms with van der Waals surface area (Å²) >= 11 is 1.38. The van der Waals surface area contributed by atoms with Crippen LogP contribution in [0.3, 0.4) is 0 Å². The molecule has 2 heterocycles. The number of fused-ring (bicyclic) bond motifs is 1. The van der Waals surface area contributed by atoms with Gasteiger partial charge in [0, 0.05) is 17.7 Å². The number of thioether (sulfide) groups is 1. The lowest BCUT2D eigenvalue weighted by molar-refractivity contribution is -0.0312. The molecule has 34 heavy (non-hydrogen) atoms. The first-order valence-electron chi connectivity index (χ1n) is 11.0. The van der Waals surface area contributed by atoms with Gasteiger partial charge in [0.15, 0.2) is 39.9 Å². The van der Waals surface area contributed by atoms with Gasteiger partial charge in [0.2, 0.25) is 0 Å². The van der Waals surface area contributed by atoms with Gasteiger partial charge in [-0.1, -0.05) is 30.0 Å². The quantitative estimate of drug-likeness (QED) is 0.286. The number of nitrogens with one attached hydrogen (secondary N) is 1. The summed E-state index contributed by atoms with van der Waals surface area (Å²) in [7, 11) is 0. The van der Waals surface area contributed by atoms with Gasteiger partial charge in [-0.05, 0) is 30.5 Å². The van der Waals surface area contributed by atoms with Crippen molar-refractivity contribution in [3.8, 4) is 0 Å². The van der Waals surface area contributed by atoms with Gasteiger partial charge in [-0.2, -0.15) is 0 Å². The van der Waals surface area contributed by atoms with Crippen molar-refractivity contribution in [2.45, 2.75) is 67.4 Å². The van der Waals surface area contributed by atoms with E-state index < -0.39 is 42.2 Å². The van der Waals surface area contributed by atoms with Gasteiger partial charge in [0.05, 0.1) is 0 Å². The number of rotatable bonds is 7. The van der Waals surface area contributed by atoms with Crippen LogP contribution < -0.4 is 5.32 Å². The van der Waals surface area contributed by atoms with Gasteiger partial charge in [-0.3, -0.25) is 0 Å². The monoisotopic (exact) mass is 496 g/mol. The minimum Gasteiger partial charge on any atom is -0.388 e. The Morgan fingerprint density at radius 3 is 2.59 bits per heavy atom. The molecule has 0 spiro atoms. The molecular weight excluding hydrogens is 473 g/mol. The van der Waals surface area contributed by atoms with Gasteiger partial charge in [-0.15, -0.1) is 5.10 Å². The van der Waals surface area contributed by atoms with Crippen molar-refractivity contribution in [2.75, 3.05) is 11.1 Å². The maximum absolute atomic E-state index is 14.7. The van der Waals surface area contributed by atoms with Crippen molar-refractivity contribution < 1.29 is 28.5 Å². The van der Waals surface area contributed by atoms with Crippen LogP contribution in [0.2, 0.25) is 0 Å². The summed E-state index contributed by atoms with van der Waals surface area (Å²) in [6.45, 7) is 2.00. The maximum Gasteiger partial charge on any atom is 0.191 e. The highest BCUT2D eigenvalue weighted by atomic mass is 32.2. The number of halogens is 3. The zero-order valence-electron chi connectivity index (χ0n) is 18.0. The van der Waals surface area contributed by atoms with Crippen LogP contribution in [0.4, 0.5) is 19.0 Å². The van der Waals surface area contributed by atoms with Gasteiger partial charge in [0.25, 0.3) is 0 Å². The van der Waals surface area contributed by atoms with Crippen LogP contribution in [0.1, 0.15) is 37.3 Å². The summed E-state index contributed by atoms with van der Waals surface area (Å²) in [4.78, 5) is 8.96. The number of hydrogen-bond acceptors (Lipinski definition) is 9. The number of hydrogen-bond donors (Lipinski definition) is 4. The Labute approximate surface area is 196 Å². The lowest BCUT2D eigenvalue weighted by Gasteiger charge is -2.17. The molecule has 0 saturated heterocycles. The Bertz CT molecular complexity index is 1200. The minimum atomic E-state index is -1.98. The van der Waals surface area contributed by atoms with Gasteiger partial charge < -0.3 is 20.6 Å². The summed E-state index contributed by atoms with van der Waals surface area (Å²) in [6, 6.07) is 2.31. The van der Waals surface area contributed by atoms with Crippen molar-refractivity contribution >= 4 is 28.7 Å². The van der Waals surface area contributed by atoms with Crippen molar-refractivity contribution in [3.63, 3.8) is 0 Å². The molecule has 2 aliphatic rings. The third kappa shape index (κ3) is 4.00. The van der Waals surface area contributed by atoms with E-state index in [9.17, 15) is 28.5 Å². The molecule has 3 aromatic rings. The second-order valence-corrected chi connectivity index (χ2v) is 9.64. The second-order valence-electron chi connectivity index (χ2n) is 8.58. The molecule has 5 rings (SSSR count). The molecule has 1 aromatic carbocycles. The molecule has 0 unspecified atom stereocenters. The van der Waals surface area contributed by atoms with Crippen LogP contribution in [-0.2, 0) is 0 Å². The number of anilines is 1. The summed E-state index contributed by atoms with van der Waals surface area (Å²) in [6.07, 6.45) is -5.50. The number of aliphatic hydroxyl groups excluding tert-OH is 3. The van der Waals surface area contributed by atoms with Crippen LogP contribution in [0, 0.1) is 11.6 Å². The van der Waals surface area contributed by atoms with Crippen molar-refractivity contribution in [3.05, 3.63) is 35.4 Å². The molecule has 0 radical (unpaired) electrons. The predicted molar refractivity (Wildman–Crippen MR) is 117 cm³/mol. The average Bonchev–Trinajstić information content (AvgIpc) is 3.42. The molecule has 2 saturated carbocycles. The third-order valence-corrected chi connectivity index (χ3v) is 7.26. The Morgan fingerprint density at radius 2 is 1.91 bits per heavy atom. The van der Waals surface area contributed by atoms with Gasteiger partial charge >= 0.3 is 0 Å². The van der Waals surface area contributed by atoms with E-state index in [0.717, 1.165) is 22.9 Å². The van der Waals surface area contributed by atoms with E-state index in [1.165, 1.54) is 17.8 Å². The molecule has 7 atom stereocenters. The van der Waals surface area contributed by atoms with Crippen LogP contribution in [0.5, 0.6) is 0 Å². The van der Waals surface area contributed by atoms with Crippen molar-refractivity contribution in [2.24, 2.45) is 0 Å². The SMILES string of the molecule is CCCSc1nc(N[C@@H]2C[C@H]2c2ccc(F)c(F)c2)c2nnn([C@H]3[C@H](O)[C@H](O)[C@@H](O)[C@H]3F)c2n1. The largest absolute Gasteiger partial charge is 0.388 e. The Morgan fingerprint density at radius 1 is 1.12 bits per heavy atom. The first-order valence-corrected chi connectivity index (χ1v) is 11.9. The molecule has 182 valence electrons. The van der Waals surface area contributed by atoms with Gasteiger partial charge in [0.1, 0.15) is 24.4 Å². The van der Waals surface area contributed by atoms with Gasteiger partial charge in [-0.25, -0.2) is 27.8 Å². The Kier molecular flexibility index (Phi) is 6.12. The highest BCUT2D eigenvalue weighted by Gasteiger charge is 2.52. The maximum atomic E-state index is 14.7. The lowest BCUT2D eigenvalue weighted by Crippen LogP contribution is -2.31. The molecule has 2 aliphatic carbocycles. The lowest BCUT2D eigenvalue weighted by atomic mass is 10.1. The number of alkyl halides is 1. The standard InChI is InChI=1S/C21H23F3N6O3S/c1-2-5-34-21-26-19(25-12-7-9(12)8-3-4-10(22)11(23)6-8)14-20(27-21)30(29-28-14)15-13(24)16(31)18(33)17(15)32/h3-4,6,9,12-13,15-18,31-33H,2,5,7H2,1H3,(H,25,26,27)/t9-,12+,13-,15+,16-,17-,18+/m0/s1. The molecule has 2 aromatic heterocycles. The molecule has 0 bridgehead atoms. The minimum absolute atomic E-state index is 0.0564. The fourth-order valence-corrected chi connectivity index (χ4v) is 4.97. The normalized spacial score (nSPS) is 30.7. The Hall–Kier alpha value is -2.48. The van der Waals surface area contributed by atoms with Crippen molar-refractivity contribution in [1.82, 2.24) is 25.0 Å². The fourth-order valence-electron chi connectivity index (χ4n) is 4.27. The van der Waals surface area contributed by atoms with E-state index in [1.807, 2.05) is 6.92 Å². The first-order chi connectivity index (χ1) is 16.3. The number of nitrogens with zero attached hydrogens (tertiary/aromatic N) is 5. The number of aliphatic hydroxyl groups is 3. The van der Waals surface area contributed by atoms with Crippen molar-refractivity contribution in [1.29, 1.82) is 0 Å². The molecule has 9 nitrogen and oxygen atoms in total. The smallest absolute Gasteiger partial charge is 0.191 e. The average molecular weight is 497 g/mol. The summed E-state index contributed by atoms with van der Waals surface area (Å²) in [5, 5.41) is 41.7. The van der Waals surface area contributed by atoms with E-state index in [0.29, 0.717) is 23.0 Å². The summed E-state index contributed by atoms with van der Waals surface area (Å²) in [5.41, 5.74) is 1.03. The first kappa shape index (κ1) is 23.3. The molecule has 0 aliphatic heterocycles. The van der Waals surface area contributed by atoms with Crippen LogP contribution in [0.15, 0.2) is 23.4 Å². The van der Waals surface area contributed by atoms with Crippen LogP contribution in [-0.4, -0.2) is 76.6 Å². The number of benzene rings is 1. The van der Waals surface area contributed by atoms with E-state index in [2.05, 4.69) is 25.6 Å². The summed E-state index contributed by atoms with van der Waals surface area (Å²) in [5.74, 6) is -0.805. The van der Waals surface area contributed by atoms with Crippen LogP contribution in [0.25, 0.3) is 11.2 Å². The van der Waals surface area contributed by atoms with E-state index in [1.54, 1.807) is 6.07 Å². The van der Waals surface area contributed by atoms with E-state index >= 15 is 0 Å². The predicted octanol–water partition coefficient (Wildman–Crippen LogP) is 1.95. The molecule has 0 amide bonds. The highest BCUT2D eigenvalue weighted by Crippen LogP contribution is 2.44. The molecule has 13 heteroatoms. The second kappa shape index (κ2) is 8.95. The van der Waals surface area contributed by atoms with E-state index in [-0.39, 0.29) is 23.1 Å². The topological polar surface area (TPSA) is 129 Å².